The van der Waals surface area contributed by atoms with Gasteiger partial charge in [0.2, 0.25) is 0 Å². The van der Waals surface area contributed by atoms with Gasteiger partial charge in [-0.2, -0.15) is 0 Å². The Labute approximate surface area is 142 Å². The molecular formula is C14H19N3O8. The van der Waals surface area contributed by atoms with Crippen molar-refractivity contribution in [3.63, 3.8) is 0 Å². The molecule has 138 valence electrons. The molecule has 11 nitrogen and oxygen atoms in total. The Bertz CT molecular complexity index is 633. The van der Waals surface area contributed by atoms with Crippen molar-refractivity contribution in [3.8, 4) is 0 Å². The average molecular weight is 357 g/mol. The number of benzene rings is 1. The highest BCUT2D eigenvalue weighted by Gasteiger charge is 2.20. The Morgan fingerprint density at radius 2 is 1.60 bits per heavy atom. The first kappa shape index (κ1) is 20.4. The molecule has 1 unspecified atom stereocenters. The van der Waals surface area contributed by atoms with Crippen LogP contribution in [0, 0.1) is 10.1 Å². The highest BCUT2D eigenvalue weighted by atomic mass is 16.6. The van der Waals surface area contributed by atoms with E-state index in [1.165, 1.54) is 0 Å². The van der Waals surface area contributed by atoms with Crippen LogP contribution in [0.2, 0.25) is 0 Å². The maximum Gasteiger partial charge on any atom is 0.271 e. The van der Waals surface area contributed by atoms with Gasteiger partial charge < -0.3 is 31.1 Å². The number of hydrogen-bond donors (Lipinski definition) is 6. The Hall–Kier alpha value is -2.60. The zero-order valence-corrected chi connectivity index (χ0v) is 13.1. The van der Waals surface area contributed by atoms with Crippen LogP contribution in [0.25, 0.3) is 0 Å². The van der Waals surface area contributed by atoms with E-state index in [0.717, 1.165) is 18.2 Å². The van der Waals surface area contributed by atoms with Gasteiger partial charge >= 0.3 is 0 Å². The van der Waals surface area contributed by atoms with Gasteiger partial charge in [0.05, 0.1) is 36.9 Å². The summed E-state index contributed by atoms with van der Waals surface area (Å²) in [5.74, 6) is -1.60. The van der Waals surface area contributed by atoms with Gasteiger partial charge in [0.15, 0.2) is 0 Å². The molecule has 0 aromatic heterocycles. The number of aliphatic hydroxyl groups is 4. The van der Waals surface area contributed by atoms with E-state index < -0.39 is 54.4 Å². The predicted octanol–water partition coefficient (Wildman–Crippen LogP) is -2.24. The van der Waals surface area contributed by atoms with E-state index >= 15 is 0 Å². The van der Waals surface area contributed by atoms with Gasteiger partial charge in [-0.1, -0.05) is 0 Å². The molecular weight excluding hydrogens is 338 g/mol. The number of nitro groups is 1. The van der Waals surface area contributed by atoms with Gasteiger partial charge in [-0.05, 0) is 6.07 Å². The van der Waals surface area contributed by atoms with E-state index in [9.17, 15) is 24.8 Å². The molecule has 0 radical (unpaired) electrons. The van der Waals surface area contributed by atoms with E-state index in [1.54, 1.807) is 0 Å². The summed E-state index contributed by atoms with van der Waals surface area (Å²) in [5, 5.41) is 51.3. The first-order chi connectivity index (χ1) is 11.8. The average Bonchev–Trinajstić information content (AvgIpc) is 2.62. The summed E-state index contributed by atoms with van der Waals surface area (Å²) >= 11 is 0. The van der Waals surface area contributed by atoms with Crippen molar-refractivity contribution in [2.45, 2.75) is 12.1 Å². The maximum atomic E-state index is 12.1. The van der Waals surface area contributed by atoms with Gasteiger partial charge in [0.25, 0.3) is 17.5 Å². The van der Waals surface area contributed by atoms with Crippen molar-refractivity contribution in [1.29, 1.82) is 0 Å². The van der Waals surface area contributed by atoms with Crippen LogP contribution in [-0.2, 0) is 0 Å². The van der Waals surface area contributed by atoms with Crippen LogP contribution in [0.1, 0.15) is 20.7 Å². The fourth-order valence-electron chi connectivity index (χ4n) is 1.77. The summed E-state index contributed by atoms with van der Waals surface area (Å²) in [6, 6.07) is 2.03. The Morgan fingerprint density at radius 1 is 1.04 bits per heavy atom. The van der Waals surface area contributed by atoms with Gasteiger partial charge in [-0.25, -0.2) is 0 Å². The van der Waals surface area contributed by atoms with E-state index in [-0.39, 0.29) is 17.7 Å². The summed E-state index contributed by atoms with van der Waals surface area (Å²) in [5.41, 5.74) is -0.923. The standard InChI is InChI=1S/C14H19N3O8/c18-5-10(6-19)16-14(23)9-1-8(2-11(3-9)17(24)25)13(22)15-4-12(21)7-20/h1-3,10,12,18-21H,4-7H2,(H,15,22)(H,16,23). The quantitative estimate of drug-likeness (QED) is 0.212. The molecule has 6 N–H and O–H groups in total. The molecule has 0 heterocycles. The van der Waals surface area contributed by atoms with E-state index in [4.69, 9.17) is 15.3 Å². The molecule has 0 aliphatic heterocycles. The predicted molar refractivity (Wildman–Crippen MR) is 83.9 cm³/mol. The second-order valence-electron chi connectivity index (χ2n) is 5.11. The highest BCUT2D eigenvalue weighted by Crippen LogP contribution is 2.17. The van der Waals surface area contributed by atoms with Crippen LogP contribution in [0.15, 0.2) is 18.2 Å². The third-order valence-electron chi connectivity index (χ3n) is 3.14. The maximum absolute atomic E-state index is 12.1. The Balaban J connectivity index is 3.06. The number of carbonyl (C=O) groups is 2. The zero-order chi connectivity index (χ0) is 19.0. The molecule has 1 aromatic carbocycles. The minimum Gasteiger partial charge on any atom is -0.394 e. The second-order valence-corrected chi connectivity index (χ2v) is 5.11. The number of non-ortho nitro benzene ring substituents is 1. The number of nitrogens with one attached hydrogen (secondary N) is 2. The van der Waals surface area contributed by atoms with Crippen LogP contribution < -0.4 is 10.6 Å². The number of nitro benzene ring substituents is 1. The van der Waals surface area contributed by atoms with Crippen molar-refractivity contribution >= 4 is 17.5 Å². The molecule has 0 bridgehead atoms. The number of hydrogen-bond acceptors (Lipinski definition) is 8. The van der Waals surface area contributed by atoms with E-state index in [2.05, 4.69) is 10.6 Å². The van der Waals surface area contributed by atoms with Crippen molar-refractivity contribution < 1.29 is 34.9 Å². The molecule has 1 atom stereocenters. The summed E-state index contributed by atoms with van der Waals surface area (Å²) < 4.78 is 0. The minimum absolute atomic E-state index is 0.200. The molecule has 25 heavy (non-hydrogen) atoms. The molecule has 1 rings (SSSR count). The van der Waals surface area contributed by atoms with Crippen LogP contribution in [0.4, 0.5) is 5.69 Å². The largest absolute Gasteiger partial charge is 0.394 e. The fraction of sp³-hybridized carbons (Fsp3) is 0.429. The van der Waals surface area contributed by atoms with Gasteiger partial charge in [-0.15, -0.1) is 0 Å². The summed E-state index contributed by atoms with van der Waals surface area (Å²) in [7, 11) is 0. The number of amides is 2. The summed E-state index contributed by atoms with van der Waals surface area (Å²) in [4.78, 5) is 34.3. The number of aliphatic hydroxyl groups excluding tert-OH is 4. The molecule has 2 amide bonds. The number of carbonyl (C=O) groups excluding carboxylic acids is 2. The molecule has 11 heteroatoms. The zero-order valence-electron chi connectivity index (χ0n) is 13.1. The molecule has 0 fully saturated rings. The third kappa shape index (κ3) is 6.08. The highest BCUT2D eigenvalue weighted by molar-refractivity contribution is 6.00. The topological polar surface area (TPSA) is 182 Å². The lowest BCUT2D eigenvalue weighted by atomic mass is 10.1. The van der Waals surface area contributed by atoms with Crippen molar-refractivity contribution in [1.82, 2.24) is 10.6 Å². The van der Waals surface area contributed by atoms with Crippen LogP contribution in [0.3, 0.4) is 0 Å². The van der Waals surface area contributed by atoms with Gasteiger partial charge in [0, 0.05) is 29.8 Å². The second kappa shape index (κ2) is 9.64. The minimum atomic E-state index is -1.19. The van der Waals surface area contributed by atoms with E-state index in [0.29, 0.717) is 0 Å². The molecule has 0 aliphatic carbocycles. The summed E-state index contributed by atoms with van der Waals surface area (Å²) in [6.45, 7) is -1.93. The Morgan fingerprint density at radius 3 is 2.08 bits per heavy atom. The lowest BCUT2D eigenvalue weighted by Crippen LogP contribution is -2.40. The molecule has 0 saturated heterocycles. The SMILES string of the molecule is O=C(NCC(O)CO)c1cc(C(=O)NC(CO)CO)cc([N+](=O)[O-])c1. The lowest BCUT2D eigenvalue weighted by Gasteiger charge is -2.14. The smallest absolute Gasteiger partial charge is 0.271 e. The normalized spacial score (nSPS) is 11.9. The first-order valence-electron chi connectivity index (χ1n) is 7.21. The van der Waals surface area contributed by atoms with E-state index in [1.807, 2.05) is 0 Å². The number of nitrogens with zero attached hydrogens (tertiary/aromatic N) is 1. The molecule has 1 aromatic rings. The van der Waals surface area contributed by atoms with Gasteiger partial charge in [0.1, 0.15) is 0 Å². The fourth-order valence-corrected chi connectivity index (χ4v) is 1.77. The molecule has 0 spiro atoms. The lowest BCUT2D eigenvalue weighted by molar-refractivity contribution is -0.384. The Kier molecular flexibility index (Phi) is 7.88. The molecule has 0 aliphatic rings. The molecule has 0 saturated carbocycles. The van der Waals surface area contributed by atoms with Gasteiger partial charge in [-0.3, -0.25) is 19.7 Å². The van der Waals surface area contributed by atoms with Crippen LogP contribution >= 0.6 is 0 Å². The van der Waals surface area contributed by atoms with Crippen molar-refractivity contribution in [2.24, 2.45) is 0 Å². The number of rotatable bonds is 9. The summed E-state index contributed by atoms with van der Waals surface area (Å²) in [6.07, 6.45) is -1.19. The third-order valence-corrected chi connectivity index (χ3v) is 3.14. The van der Waals surface area contributed by atoms with Crippen LogP contribution in [0.5, 0.6) is 0 Å². The monoisotopic (exact) mass is 357 g/mol. The van der Waals surface area contributed by atoms with Crippen molar-refractivity contribution in [2.75, 3.05) is 26.4 Å². The van der Waals surface area contributed by atoms with Crippen LogP contribution in [-0.4, -0.2) is 75.7 Å². The van der Waals surface area contributed by atoms with Crippen molar-refractivity contribution in [3.05, 3.63) is 39.4 Å². The first-order valence-corrected chi connectivity index (χ1v) is 7.21.